The normalized spacial score (nSPS) is 9.55. The van der Waals surface area contributed by atoms with E-state index >= 15 is 0 Å². The molecule has 0 fully saturated rings. The molecule has 0 bridgehead atoms. The highest BCUT2D eigenvalue weighted by Crippen LogP contribution is 2.15. The van der Waals surface area contributed by atoms with Crippen molar-refractivity contribution in [3.05, 3.63) is 52.2 Å². The zero-order valence-corrected chi connectivity index (χ0v) is 11.1. The summed E-state index contributed by atoms with van der Waals surface area (Å²) in [5, 5.41) is 12.9. The molecule has 0 saturated carbocycles. The van der Waals surface area contributed by atoms with Gasteiger partial charge in [0.05, 0.1) is 10.4 Å². The molecule has 0 unspecified atom stereocenters. The minimum Gasteiger partial charge on any atom is -0.447 e. The van der Waals surface area contributed by atoms with Crippen LogP contribution in [0.2, 0.25) is 0 Å². The van der Waals surface area contributed by atoms with Crippen LogP contribution in [0.25, 0.3) is 0 Å². The Balaban J connectivity index is 2.08. The molecular weight excluding hydrogens is 276 g/mol. The molecule has 1 heterocycles. The maximum atomic E-state index is 11.9. The highest BCUT2D eigenvalue weighted by molar-refractivity contribution is 7.12. The number of hydrogen-bond acceptors (Lipinski definition) is 5. The zero-order valence-electron chi connectivity index (χ0n) is 10.3. The van der Waals surface area contributed by atoms with E-state index in [1.807, 2.05) is 5.38 Å². The number of nitriles is 1. The van der Waals surface area contributed by atoms with Crippen molar-refractivity contribution in [1.82, 2.24) is 0 Å². The van der Waals surface area contributed by atoms with Crippen LogP contribution in [0.3, 0.4) is 0 Å². The Morgan fingerprint density at radius 1 is 1.30 bits per heavy atom. The highest BCUT2D eigenvalue weighted by atomic mass is 32.1. The maximum Gasteiger partial charge on any atom is 0.339 e. The van der Waals surface area contributed by atoms with Crippen LogP contribution >= 0.6 is 11.3 Å². The van der Waals surface area contributed by atoms with Crippen LogP contribution in [-0.4, -0.2) is 18.5 Å². The van der Waals surface area contributed by atoms with Crippen molar-refractivity contribution in [2.45, 2.75) is 0 Å². The van der Waals surface area contributed by atoms with Crippen molar-refractivity contribution in [3.8, 4) is 6.07 Å². The Bertz CT molecular complexity index is 659. The van der Waals surface area contributed by atoms with Gasteiger partial charge in [-0.2, -0.15) is 5.26 Å². The molecule has 0 aliphatic carbocycles. The summed E-state index contributed by atoms with van der Waals surface area (Å²) < 4.78 is 4.70. The largest absolute Gasteiger partial charge is 0.447 e. The molecule has 0 saturated heterocycles. The number of benzene rings is 1. The van der Waals surface area contributed by atoms with Gasteiger partial charge in [0.25, 0.3) is 5.91 Å². The van der Waals surface area contributed by atoms with Gasteiger partial charge in [0.15, 0.2) is 6.61 Å². The molecule has 2 rings (SSSR count). The summed E-state index contributed by atoms with van der Waals surface area (Å²) in [7, 11) is 0. The van der Waals surface area contributed by atoms with E-state index < -0.39 is 5.97 Å². The number of nitrogens with zero attached hydrogens (tertiary/aromatic N) is 1. The topological polar surface area (TPSA) is 79.2 Å². The summed E-state index contributed by atoms with van der Waals surface area (Å²) in [4.78, 5) is 24.0. The summed E-state index contributed by atoms with van der Waals surface area (Å²) in [6.07, 6.45) is 0. The molecule has 0 spiro atoms. The van der Waals surface area contributed by atoms with Crippen LogP contribution in [0.15, 0.2) is 41.8 Å². The molecule has 1 amide bonds. The average molecular weight is 286 g/mol. The second-order valence-corrected chi connectivity index (χ2v) is 4.69. The second kappa shape index (κ2) is 6.50. The number of esters is 1. The van der Waals surface area contributed by atoms with Crippen LogP contribution in [0.1, 0.15) is 20.0 Å². The summed E-state index contributed by atoms with van der Waals surface area (Å²) in [5.41, 5.74) is 0.777. The van der Waals surface area contributed by atoms with Gasteiger partial charge < -0.3 is 10.1 Å². The number of anilines is 1. The fourth-order valence-electron chi connectivity index (χ4n) is 1.51. The molecule has 5 nitrogen and oxygen atoms in total. The monoisotopic (exact) mass is 286 g/mol. The summed E-state index contributed by atoms with van der Waals surface area (Å²) >= 11 is 1.33. The van der Waals surface area contributed by atoms with E-state index in [2.05, 4.69) is 5.32 Å². The van der Waals surface area contributed by atoms with Gasteiger partial charge in [0.1, 0.15) is 6.07 Å². The lowest BCUT2D eigenvalue weighted by Gasteiger charge is -2.06. The Hall–Kier alpha value is -2.65. The molecule has 1 aromatic heterocycles. The number of carbonyl (C=O) groups is 2. The van der Waals surface area contributed by atoms with Crippen LogP contribution in [0, 0.1) is 11.3 Å². The van der Waals surface area contributed by atoms with Gasteiger partial charge in [-0.15, -0.1) is 11.3 Å². The van der Waals surface area contributed by atoms with Crippen LogP contribution < -0.4 is 5.32 Å². The second-order valence-electron chi connectivity index (χ2n) is 3.75. The van der Waals surface area contributed by atoms with Gasteiger partial charge in [-0.25, -0.2) is 4.79 Å². The molecule has 0 radical (unpaired) electrons. The number of carbonyl (C=O) groups excluding carboxylic acids is 2. The summed E-state index contributed by atoms with van der Waals surface area (Å²) in [5.74, 6) is -0.832. The number of nitrogens with one attached hydrogen (secondary N) is 1. The Kier molecular flexibility index (Phi) is 4.47. The van der Waals surface area contributed by atoms with Crippen molar-refractivity contribution in [1.29, 1.82) is 5.26 Å². The minimum absolute atomic E-state index is 0.234. The molecule has 2 aromatic rings. The Labute approximate surface area is 119 Å². The van der Waals surface area contributed by atoms with Gasteiger partial charge in [0, 0.05) is 5.69 Å². The number of amides is 1. The molecule has 0 atom stereocenters. The SMILES string of the molecule is N#CCOC(=O)c1cccc(NC(=O)c2cccs2)c1. The number of ether oxygens (including phenoxy) is 1. The average Bonchev–Trinajstić information content (AvgIpc) is 2.99. The lowest BCUT2D eigenvalue weighted by molar-refractivity contribution is 0.0555. The predicted molar refractivity (Wildman–Crippen MR) is 74.6 cm³/mol. The molecular formula is C14H10N2O3S. The molecule has 100 valence electrons. The molecule has 0 aliphatic heterocycles. The van der Waals surface area contributed by atoms with E-state index in [4.69, 9.17) is 10.00 Å². The first-order chi connectivity index (χ1) is 9.70. The quantitative estimate of drug-likeness (QED) is 0.876. The van der Waals surface area contributed by atoms with E-state index in [0.29, 0.717) is 10.6 Å². The summed E-state index contributed by atoms with van der Waals surface area (Å²) in [6, 6.07) is 11.6. The van der Waals surface area contributed by atoms with Gasteiger partial charge >= 0.3 is 5.97 Å². The van der Waals surface area contributed by atoms with Crippen molar-refractivity contribution >= 4 is 28.9 Å². The molecule has 1 aromatic carbocycles. The van der Waals surface area contributed by atoms with E-state index in [1.165, 1.54) is 17.4 Å². The zero-order chi connectivity index (χ0) is 14.4. The van der Waals surface area contributed by atoms with Gasteiger partial charge in [-0.05, 0) is 29.6 Å². The lowest BCUT2D eigenvalue weighted by atomic mass is 10.2. The lowest BCUT2D eigenvalue weighted by Crippen LogP contribution is -2.11. The highest BCUT2D eigenvalue weighted by Gasteiger charge is 2.10. The Morgan fingerprint density at radius 3 is 2.85 bits per heavy atom. The number of hydrogen-bond donors (Lipinski definition) is 1. The molecule has 0 aliphatic rings. The van der Waals surface area contributed by atoms with Crippen molar-refractivity contribution < 1.29 is 14.3 Å². The smallest absolute Gasteiger partial charge is 0.339 e. The predicted octanol–water partition coefficient (Wildman–Crippen LogP) is 2.68. The first kappa shape index (κ1) is 13.8. The van der Waals surface area contributed by atoms with Crippen LogP contribution in [0.5, 0.6) is 0 Å². The molecule has 6 heteroatoms. The number of thiophene rings is 1. The van der Waals surface area contributed by atoms with Crippen LogP contribution in [0.4, 0.5) is 5.69 Å². The van der Waals surface area contributed by atoms with Crippen molar-refractivity contribution in [2.75, 3.05) is 11.9 Å². The fraction of sp³-hybridized carbons (Fsp3) is 0.0714. The van der Waals surface area contributed by atoms with E-state index in [0.717, 1.165) is 0 Å². The van der Waals surface area contributed by atoms with E-state index in [9.17, 15) is 9.59 Å². The molecule has 20 heavy (non-hydrogen) atoms. The third-order valence-corrected chi connectivity index (χ3v) is 3.24. The molecule has 1 N–H and O–H groups in total. The maximum absolute atomic E-state index is 11.9. The number of rotatable bonds is 4. The van der Waals surface area contributed by atoms with Crippen molar-refractivity contribution in [2.24, 2.45) is 0 Å². The standard InChI is InChI=1S/C14H10N2O3S/c15-6-7-19-14(18)10-3-1-4-11(9-10)16-13(17)12-5-2-8-20-12/h1-5,8-9H,7H2,(H,16,17). The first-order valence-electron chi connectivity index (χ1n) is 5.69. The van der Waals surface area contributed by atoms with E-state index in [1.54, 1.807) is 36.4 Å². The first-order valence-corrected chi connectivity index (χ1v) is 6.57. The van der Waals surface area contributed by atoms with E-state index in [-0.39, 0.29) is 18.1 Å². The van der Waals surface area contributed by atoms with Gasteiger partial charge in [-0.3, -0.25) is 4.79 Å². The fourth-order valence-corrected chi connectivity index (χ4v) is 2.12. The van der Waals surface area contributed by atoms with Gasteiger partial charge in [0.2, 0.25) is 0 Å². The van der Waals surface area contributed by atoms with Gasteiger partial charge in [-0.1, -0.05) is 12.1 Å². The Morgan fingerprint density at radius 2 is 2.15 bits per heavy atom. The minimum atomic E-state index is -0.598. The third kappa shape index (κ3) is 3.43. The third-order valence-electron chi connectivity index (χ3n) is 2.37. The summed E-state index contributed by atoms with van der Waals surface area (Å²) in [6.45, 7) is -0.301. The van der Waals surface area contributed by atoms with Crippen molar-refractivity contribution in [3.63, 3.8) is 0 Å². The van der Waals surface area contributed by atoms with Crippen LogP contribution in [-0.2, 0) is 4.74 Å².